The van der Waals surface area contributed by atoms with Crippen LogP contribution in [0.25, 0.3) is 0 Å². The van der Waals surface area contributed by atoms with Gasteiger partial charge in [0, 0.05) is 5.69 Å². The average Bonchev–Trinajstić information content (AvgIpc) is 2.57. The van der Waals surface area contributed by atoms with Crippen molar-refractivity contribution < 1.29 is 19.2 Å². The second-order valence-corrected chi connectivity index (χ2v) is 6.73. The predicted octanol–water partition coefficient (Wildman–Crippen LogP) is 1.49. The monoisotopic (exact) mass is 333 g/mol. The summed E-state index contributed by atoms with van der Waals surface area (Å²) >= 11 is 0. The Kier molecular flexibility index (Phi) is 6.37. The quantitative estimate of drug-likeness (QED) is 0.803. The molecule has 0 saturated carbocycles. The molecule has 1 aromatic rings. The number of likely N-dealkylation sites (tertiary alicyclic amines) is 1. The van der Waals surface area contributed by atoms with Gasteiger partial charge in [-0.15, -0.1) is 0 Å². The van der Waals surface area contributed by atoms with Gasteiger partial charge < -0.3 is 15.0 Å². The highest BCUT2D eigenvalue weighted by atomic mass is 16.5. The van der Waals surface area contributed by atoms with E-state index in [9.17, 15) is 9.59 Å². The van der Waals surface area contributed by atoms with Crippen LogP contribution in [-0.2, 0) is 14.3 Å². The van der Waals surface area contributed by atoms with E-state index in [0.29, 0.717) is 13.2 Å². The Morgan fingerprint density at radius 1 is 1.38 bits per heavy atom. The van der Waals surface area contributed by atoms with E-state index in [2.05, 4.69) is 5.32 Å². The number of carbonyl (C=O) groups excluding carboxylic acids is 2. The fourth-order valence-corrected chi connectivity index (χ4v) is 3.25. The Balaban J connectivity index is 1.99. The van der Waals surface area contributed by atoms with Gasteiger partial charge >= 0.3 is 5.97 Å². The first-order valence-corrected chi connectivity index (χ1v) is 8.81. The molecule has 0 spiro atoms. The number of rotatable bonds is 5. The number of hydrogen-bond donors (Lipinski definition) is 2. The van der Waals surface area contributed by atoms with E-state index in [0.717, 1.165) is 41.1 Å². The maximum Gasteiger partial charge on any atom is 0.314 e. The number of piperidine rings is 1. The average molecular weight is 333 g/mol. The molecule has 1 saturated heterocycles. The van der Waals surface area contributed by atoms with Crippen LogP contribution in [0.5, 0.6) is 0 Å². The Labute approximate surface area is 144 Å². The third-order valence-electron chi connectivity index (χ3n) is 4.84. The lowest BCUT2D eigenvalue weighted by atomic mass is 9.97. The van der Waals surface area contributed by atoms with Crippen molar-refractivity contribution in [2.45, 2.75) is 46.6 Å². The molecule has 3 atom stereocenters. The van der Waals surface area contributed by atoms with Crippen molar-refractivity contribution in [2.24, 2.45) is 5.92 Å². The number of nitrogens with one attached hydrogen (secondary N) is 2. The van der Waals surface area contributed by atoms with Crippen molar-refractivity contribution in [1.29, 1.82) is 0 Å². The number of esters is 1. The first-order chi connectivity index (χ1) is 11.4. The van der Waals surface area contributed by atoms with Gasteiger partial charge in [0.25, 0.3) is 5.91 Å². The van der Waals surface area contributed by atoms with Gasteiger partial charge in [0.05, 0.1) is 19.7 Å². The largest absolute Gasteiger partial charge is 0.466 e. The normalized spacial score (nSPS) is 21.8. The summed E-state index contributed by atoms with van der Waals surface area (Å²) in [5, 5.41) is 3.04. The minimum atomic E-state index is -0.192. The molecule has 1 fully saturated rings. The molecular formula is C19H29N2O3+. The van der Waals surface area contributed by atoms with Crippen LogP contribution in [0.2, 0.25) is 0 Å². The lowest BCUT2D eigenvalue weighted by molar-refractivity contribution is -0.921. The van der Waals surface area contributed by atoms with Gasteiger partial charge in [0.15, 0.2) is 6.04 Å². The minimum Gasteiger partial charge on any atom is -0.466 e. The second-order valence-electron chi connectivity index (χ2n) is 6.73. The van der Waals surface area contributed by atoms with Gasteiger partial charge in [-0.3, -0.25) is 9.59 Å². The molecule has 1 amide bonds. The van der Waals surface area contributed by atoms with E-state index in [4.69, 9.17) is 4.74 Å². The van der Waals surface area contributed by atoms with Crippen LogP contribution in [0.3, 0.4) is 0 Å². The maximum absolute atomic E-state index is 12.6. The number of quaternary nitrogens is 1. The van der Waals surface area contributed by atoms with Crippen LogP contribution < -0.4 is 10.2 Å². The summed E-state index contributed by atoms with van der Waals surface area (Å²) < 4.78 is 5.14. The van der Waals surface area contributed by atoms with E-state index < -0.39 is 0 Å². The highest BCUT2D eigenvalue weighted by Gasteiger charge is 2.34. The number of amides is 1. The van der Waals surface area contributed by atoms with E-state index in [1.54, 1.807) is 0 Å². The highest BCUT2D eigenvalue weighted by molar-refractivity contribution is 5.94. The third-order valence-corrected chi connectivity index (χ3v) is 4.84. The molecule has 0 radical (unpaired) electrons. The zero-order valence-electron chi connectivity index (χ0n) is 15.1. The van der Waals surface area contributed by atoms with E-state index in [1.165, 1.54) is 0 Å². The molecule has 5 nitrogen and oxygen atoms in total. The topological polar surface area (TPSA) is 59.8 Å². The minimum absolute atomic E-state index is 0.00297. The van der Waals surface area contributed by atoms with Crippen LogP contribution in [-0.4, -0.2) is 37.6 Å². The summed E-state index contributed by atoms with van der Waals surface area (Å²) in [6, 6.07) is 5.85. The van der Waals surface area contributed by atoms with Crippen molar-refractivity contribution >= 4 is 17.6 Å². The molecule has 1 heterocycles. The van der Waals surface area contributed by atoms with Gasteiger partial charge in [0.1, 0.15) is 5.92 Å². The second kappa shape index (κ2) is 8.29. The summed E-state index contributed by atoms with van der Waals surface area (Å²) in [6.07, 6.45) is 1.80. The molecule has 1 aliphatic rings. The molecule has 0 aromatic heterocycles. The van der Waals surface area contributed by atoms with E-state index in [-0.39, 0.29) is 23.8 Å². The molecule has 0 bridgehead atoms. The van der Waals surface area contributed by atoms with Gasteiger partial charge in [-0.2, -0.15) is 0 Å². The van der Waals surface area contributed by atoms with Gasteiger partial charge in [-0.1, -0.05) is 12.1 Å². The zero-order chi connectivity index (χ0) is 17.7. The SMILES string of the molecule is CCOC(=O)[C@H]1CCC[NH+]([C@@H](C)C(=O)Nc2cc(C)ccc2C)C1. The standard InChI is InChI=1S/C19H28N2O3/c1-5-24-19(23)16-7-6-10-21(12-16)15(4)18(22)20-17-11-13(2)8-9-14(17)3/h8-9,11,15-16H,5-7,10,12H2,1-4H3,(H,20,22)/p+1/t15-,16-/m0/s1. The van der Waals surface area contributed by atoms with E-state index in [1.807, 2.05) is 45.9 Å². The Morgan fingerprint density at radius 3 is 2.83 bits per heavy atom. The molecule has 1 unspecified atom stereocenters. The van der Waals surface area contributed by atoms with Gasteiger partial charge in [-0.25, -0.2) is 0 Å². The fraction of sp³-hybridized carbons (Fsp3) is 0.579. The van der Waals surface area contributed by atoms with E-state index >= 15 is 0 Å². The van der Waals surface area contributed by atoms with Crippen LogP contribution in [0.15, 0.2) is 18.2 Å². The van der Waals surface area contributed by atoms with Crippen LogP contribution in [0.1, 0.15) is 37.8 Å². The summed E-state index contributed by atoms with van der Waals surface area (Å²) in [4.78, 5) is 25.8. The number of carbonyl (C=O) groups is 2. The highest BCUT2D eigenvalue weighted by Crippen LogP contribution is 2.16. The number of hydrogen-bond acceptors (Lipinski definition) is 3. The van der Waals surface area contributed by atoms with Crippen LogP contribution >= 0.6 is 0 Å². The first-order valence-electron chi connectivity index (χ1n) is 8.81. The van der Waals surface area contributed by atoms with Crippen molar-refractivity contribution in [1.82, 2.24) is 0 Å². The Hall–Kier alpha value is -1.88. The Bertz CT molecular complexity index is 600. The summed E-state index contributed by atoms with van der Waals surface area (Å²) in [7, 11) is 0. The van der Waals surface area contributed by atoms with Crippen LogP contribution in [0, 0.1) is 19.8 Å². The number of benzene rings is 1. The molecule has 5 heteroatoms. The number of ether oxygens (including phenoxy) is 1. The molecule has 2 N–H and O–H groups in total. The lowest BCUT2D eigenvalue weighted by Gasteiger charge is -2.32. The third kappa shape index (κ3) is 4.57. The zero-order valence-corrected chi connectivity index (χ0v) is 15.1. The number of aryl methyl sites for hydroxylation is 2. The van der Waals surface area contributed by atoms with Gasteiger partial charge in [0.2, 0.25) is 0 Å². The van der Waals surface area contributed by atoms with Crippen molar-refractivity contribution in [3.05, 3.63) is 29.3 Å². The summed E-state index contributed by atoms with van der Waals surface area (Å²) in [5.41, 5.74) is 3.04. The van der Waals surface area contributed by atoms with Crippen molar-refractivity contribution in [3.63, 3.8) is 0 Å². The smallest absolute Gasteiger partial charge is 0.314 e. The molecule has 132 valence electrons. The molecule has 2 rings (SSSR count). The van der Waals surface area contributed by atoms with Gasteiger partial charge in [-0.05, 0) is 57.7 Å². The molecule has 0 aliphatic carbocycles. The first kappa shape index (κ1) is 18.5. The lowest BCUT2D eigenvalue weighted by Crippen LogP contribution is -3.18. The summed E-state index contributed by atoms with van der Waals surface area (Å²) in [6.45, 7) is 9.75. The molecule has 1 aliphatic heterocycles. The predicted molar refractivity (Wildman–Crippen MR) is 94.1 cm³/mol. The molecule has 1 aromatic carbocycles. The van der Waals surface area contributed by atoms with Crippen molar-refractivity contribution in [2.75, 3.05) is 25.0 Å². The van der Waals surface area contributed by atoms with Crippen molar-refractivity contribution in [3.8, 4) is 0 Å². The molecule has 24 heavy (non-hydrogen) atoms. The van der Waals surface area contributed by atoms with Crippen LogP contribution in [0.4, 0.5) is 5.69 Å². The number of anilines is 1. The maximum atomic E-state index is 12.6. The summed E-state index contributed by atoms with van der Waals surface area (Å²) in [5.74, 6) is -0.218. The molecular weight excluding hydrogens is 304 g/mol. The Morgan fingerprint density at radius 2 is 2.12 bits per heavy atom. The fourth-order valence-electron chi connectivity index (χ4n) is 3.25.